The highest BCUT2D eigenvalue weighted by atomic mass is 31.2. The van der Waals surface area contributed by atoms with Gasteiger partial charge in [0, 0.05) is 0 Å². The van der Waals surface area contributed by atoms with Crippen molar-refractivity contribution in [3.63, 3.8) is 0 Å². The summed E-state index contributed by atoms with van der Waals surface area (Å²) >= 11 is 0. The lowest BCUT2D eigenvalue weighted by molar-refractivity contribution is -0.341. The number of carbonyl (C=O) groups excluding carboxylic acids is 1. The molecule has 0 heterocycles. The third-order valence-corrected chi connectivity index (χ3v) is 2.06. The van der Waals surface area contributed by atoms with Crippen LogP contribution < -0.4 is 9.79 Å². The number of Topliss-reactive ketones (excluding diaryl/α,β-unsaturated/α-hetero) is 1. The van der Waals surface area contributed by atoms with Gasteiger partial charge < -0.3 is 34.2 Å². The number of rotatable bonds is 7. The molecular formula is C7H11O8P-2. The van der Waals surface area contributed by atoms with Gasteiger partial charge >= 0.3 is 0 Å². The summed E-state index contributed by atoms with van der Waals surface area (Å²) in [6.07, 6.45) is -4.63. The largest absolute Gasteiger partial charge is 0.790 e. The van der Waals surface area contributed by atoms with Gasteiger partial charge in [0.05, 0.1) is 7.82 Å². The number of hydrogen-bond acceptors (Lipinski definition) is 8. The smallest absolute Gasteiger partial charge is 0.189 e. The average molecular weight is 254 g/mol. The maximum Gasteiger partial charge on any atom is 0.189 e. The fourth-order valence-electron chi connectivity index (χ4n) is 0.745. The topological polar surface area (TPSA) is 150 Å². The summed E-state index contributed by atoms with van der Waals surface area (Å²) in [5.41, 5.74) is 0. The predicted molar refractivity (Wildman–Crippen MR) is 46.8 cm³/mol. The number of phosphoric acid groups is 1. The van der Waals surface area contributed by atoms with Gasteiger partial charge in [-0.2, -0.15) is 0 Å². The van der Waals surface area contributed by atoms with Crippen LogP contribution in [0.2, 0.25) is 0 Å². The standard InChI is InChI=1S/C7H13O8P/c1-2-4(8)6(10)7(11)5(9)3-15-16(12,13)14/h2,4,6-8,10-11H,1,3H2,(H2,12,13,14)/p-2/t4-,6?,7?/m0/s1. The first kappa shape index (κ1) is 15.4. The Labute approximate surface area is 91.0 Å². The van der Waals surface area contributed by atoms with E-state index < -0.39 is 38.5 Å². The molecule has 0 spiro atoms. The Balaban J connectivity index is 4.28. The molecule has 0 aromatic carbocycles. The van der Waals surface area contributed by atoms with E-state index in [4.69, 9.17) is 15.3 Å². The zero-order chi connectivity index (χ0) is 12.9. The van der Waals surface area contributed by atoms with E-state index in [1.54, 1.807) is 0 Å². The molecule has 0 saturated carbocycles. The van der Waals surface area contributed by atoms with Crippen molar-refractivity contribution in [2.75, 3.05) is 6.61 Å². The number of aliphatic hydroxyl groups excluding tert-OH is 3. The minimum Gasteiger partial charge on any atom is -0.790 e. The van der Waals surface area contributed by atoms with Crippen LogP contribution in [-0.4, -0.2) is 46.0 Å². The van der Waals surface area contributed by atoms with Gasteiger partial charge in [-0.1, -0.05) is 6.08 Å². The second-order valence-corrected chi connectivity index (χ2v) is 4.00. The second kappa shape index (κ2) is 6.21. The van der Waals surface area contributed by atoms with Gasteiger partial charge in [0.1, 0.15) is 24.9 Å². The molecule has 3 atom stereocenters. The lowest BCUT2D eigenvalue weighted by Crippen LogP contribution is -2.43. The lowest BCUT2D eigenvalue weighted by atomic mass is 10.1. The number of ketones is 1. The van der Waals surface area contributed by atoms with Crippen LogP contribution in [0.3, 0.4) is 0 Å². The molecule has 0 radical (unpaired) electrons. The summed E-state index contributed by atoms with van der Waals surface area (Å²) in [7, 11) is -5.32. The van der Waals surface area contributed by atoms with Crippen molar-refractivity contribution < 1.29 is 39.0 Å². The highest BCUT2D eigenvalue weighted by Gasteiger charge is 2.28. The molecule has 0 amide bonds. The maximum atomic E-state index is 11.0. The normalized spacial score (nSPS) is 17.6. The minimum absolute atomic E-state index is 0.869. The van der Waals surface area contributed by atoms with Gasteiger partial charge in [-0.3, -0.25) is 4.79 Å². The molecule has 0 fully saturated rings. The third-order valence-electron chi connectivity index (χ3n) is 1.61. The molecule has 2 unspecified atom stereocenters. The van der Waals surface area contributed by atoms with Crippen molar-refractivity contribution in [1.82, 2.24) is 0 Å². The van der Waals surface area contributed by atoms with Gasteiger partial charge in [-0.25, -0.2) is 0 Å². The zero-order valence-electron chi connectivity index (χ0n) is 8.05. The monoisotopic (exact) mass is 254 g/mol. The fourth-order valence-corrected chi connectivity index (χ4v) is 1.03. The number of carbonyl (C=O) groups is 1. The van der Waals surface area contributed by atoms with Crippen LogP contribution in [0.1, 0.15) is 0 Å². The summed E-state index contributed by atoms with van der Waals surface area (Å²) in [6.45, 7) is 1.90. The Morgan fingerprint density at radius 1 is 1.44 bits per heavy atom. The van der Waals surface area contributed by atoms with Gasteiger partial charge in [-0.15, -0.1) is 6.58 Å². The second-order valence-electron chi connectivity index (χ2n) is 2.85. The SMILES string of the molecule is C=C[C@H](O)C(O)C(O)C(=O)COP(=O)([O-])[O-]. The molecular weight excluding hydrogens is 243 g/mol. The van der Waals surface area contributed by atoms with E-state index in [0.29, 0.717) is 0 Å². The summed E-state index contributed by atoms with van der Waals surface area (Å²) in [4.78, 5) is 31.0. The van der Waals surface area contributed by atoms with Crippen molar-refractivity contribution >= 4 is 13.6 Å². The van der Waals surface area contributed by atoms with Crippen LogP contribution in [-0.2, 0) is 13.9 Å². The molecule has 0 aromatic heterocycles. The third kappa shape index (κ3) is 5.47. The molecule has 3 N–H and O–H groups in total. The predicted octanol–water partition coefficient (Wildman–Crippen LogP) is -3.33. The molecule has 0 aliphatic rings. The summed E-state index contributed by atoms with van der Waals surface area (Å²) in [5.74, 6) is -1.25. The first-order valence-corrected chi connectivity index (χ1v) is 5.51. The van der Waals surface area contributed by atoms with E-state index in [0.717, 1.165) is 6.08 Å². The number of aliphatic hydroxyl groups is 3. The van der Waals surface area contributed by atoms with Crippen molar-refractivity contribution in [3.8, 4) is 0 Å². The van der Waals surface area contributed by atoms with Crippen LogP contribution >= 0.6 is 7.82 Å². The van der Waals surface area contributed by atoms with Crippen molar-refractivity contribution in [2.24, 2.45) is 0 Å². The molecule has 94 valence electrons. The number of hydrogen-bond donors (Lipinski definition) is 3. The van der Waals surface area contributed by atoms with Crippen molar-refractivity contribution in [3.05, 3.63) is 12.7 Å². The van der Waals surface area contributed by atoms with Crippen LogP contribution in [0.4, 0.5) is 0 Å². The molecule has 8 nitrogen and oxygen atoms in total. The van der Waals surface area contributed by atoms with Gasteiger partial charge in [0.15, 0.2) is 5.78 Å². The molecule has 0 aliphatic heterocycles. The molecule has 9 heteroatoms. The van der Waals surface area contributed by atoms with Crippen LogP contribution in [0.25, 0.3) is 0 Å². The quantitative estimate of drug-likeness (QED) is 0.315. The summed E-state index contributed by atoms with van der Waals surface area (Å²) < 4.78 is 13.6. The molecule has 0 aliphatic carbocycles. The highest BCUT2D eigenvalue weighted by Crippen LogP contribution is 2.24. The van der Waals surface area contributed by atoms with Gasteiger partial charge in [0.25, 0.3) is 0 Å². The first-order valence-electron chi connectivity index (χ1n) is 4.05. The van der Waals surface area contributed by atoms with E-state index in [2.05, 4.69) is 11.1 Å². The van der Waals surface area contributed by atoms with Crippen LogP contribution in [0.15, 0.2) is 12.7 Å². The van der Waals surface area contributed by atoms with E-state index in [1.807, 2.05) is 0 Å². The minimum atomic E-state index is -5.32. The van der Waals surface area contributed by atoms with Gasteiger partial charge in [0.2, 0.25) is 0 Å². The van der Waals surface area contributed by atoms with E-state index >= 15 is 0 Å². The average Bonchev–Trinajstić information content (AvgIpc) is 2.21. The summed E-state index contributed by atoms with van der Waals surface area (Å²) in [5, 5.41) is 27.2. The maximum absolute atomic E-state index is 11.0. The van der Waals surface area contributed by atoms with Gasteiger partial charge in [-0.05, 0) is 0 Å². The zero-order valence-corrected chi connectivity index (χ0v) is 8.95. The summed E-state index contributed by atoms with van der Waals surface area (Å²) in [6, 6.07) is 0. The molecule has 16 heavy (non-hydrogen) atoms. The first-order chi connectivity index (χ1) is 7.19. The van der Waals surface area contributed by atoms with E-state index in [1.165, 1.54) is 0 Å². The van der Waals surface area contributed by atoms with E-state index in [-0.39, 0.29) is 0 Å². The van der Waals surface area contributed by atoms with Crippen molar-refractivity contribution in [2.45, 2.75) is 18.3 Å². The van der Waals surface area contributed by atoms with Crippen LogP contribution in [0.5, 0.6) is 0 Å². The Kier molecular flexibility index (Phi) is 5.98. The molecule has 0 rings (SSSR count). The van der Waals surface area contributed by atoms with Crippen molar-refractivity contribution in [1.29, 1.82) is 0 Å². The highest BCUT2D eigenvalue weighted by molar-refractivity contribution is 7.43. The van der Waals surface area contributed by atoms with E-state index in [9.17, 15) is 19.1 Å². The Morgan fingerprint density at radius 2 is 1.94 bits per heavy atom. The Hall–Kier alpha value is -0.600. The lowest BCUT2D eigenvalue weighted by Gasteiger charge is -2.29. The van der Waals surface area contributed by atoms with Crippen LogP contribution in [0, 0.1) is 0 Å². The Bertz CT molecular complexity index is 297. The number of phosphoric ester groups is 1. The Morgan fingerprint density at radius 3 is 2.31 bits per heavy atom. The molecule has 0 saturated heterocycles. The fraction of sp³-hybridized carbons (Fsp3) is 0.571. The molecule has 0 aromatic rings. The molecule has 0 bridgehead atoms.